The fourth-order valence-corrected chi connectivity index (χ4v) is 2.89. The van der Waals surface area contributed by atoms with E-state index in [2.05, 4.69) is 10.6 Å². The largest absolute Gasteiger partial charge is 0.493 e. The zero-order chi connectivity index (χ0) is 13.1. The van der Waals surface area contributed by atoms with Gasteiger partial charge in [-0.05, 0) is 31.9 Å². The van der Waals surface area contributed by atoms with Crippen LogP contribution in [0.4, 0.5) is 0 Å². The van der Waals surface area contributed by atoms with Gasteiger partial charge in [-0.3, -0.25) is 4.79 Å². The van der Waals surface area contributed by atoms with Crippen molar-refractivity contribution in [1.82, 2.24) is 10.6 Å². The Balaban J connectivity index is 0.00000147. The van der Waals surface area contributed by atoms with Crippen LogP contribution in [0.2, 0.25) is 0 Å². The van der Waals surface area contributed by atoms with E-state index in [0.717, 1.165) is 43.7 Å². The van der Waals surface area contributed by atoms with Crippen molar-refractivity contribution in [3.63, 3.8) is 0 Å². The first-order valence-electron chi connectivity index (χ1n) is 7.07. The summed E-state index contributed by atoms with van der Waals surface area (Å²) in [6, 6.07) is 8.13. The number of ether oxygens (including phenoxy) is 1. The molecule has 0 bridgehead atoms. The van der Waals surface area contributed by atoms with Crippen LogP contribution in [0, 0.1) is 0 Å². The summed E-state index contributed by atoms with van der Waals surface area (Å²) in [6.45, 7) is 2.57. The topological polar surface area (TPSA) is 50.4 Å². The Morgan fingerprint density at radius 2 is 2.15 bits per heavy atom. The Morgan fingerprint density at radius 1 is 1.30 bits per heavy atom. The highest BCUT2D eigenvalue weighted by molar-refractivity contribution is 5.85. The molecule has 1 fully saturated rings. The van der Waals surface area contributed by atoms with Gasteiger partial charge >= 0.3 is 0 Å². The number of carbonyl (C=O) groups excluding carboxylic acids is 1. The summed E-state index contributed by atoms with van der Waals surface area (Å²) in [7, 11) is 0. The maximum atomic E-state index is 12.4. The van der Waals surface area contributed by atoms with Crippen molar-refractivity contribution in [1.29, 1.82) is 0 Å². The smallest absolute Gasteiger partial charge is 0.228 e. The number of halogens is 1. The summed E-state index contributed by atoms with van der Waals surface area (Å²) >= 11 is 0. The first kappa shape index (κ1) is 15.1. The Bertz CT molecular complexity index is 461. The number of rotatable bonds is 2. The minimum Gasteiger partial charge on any atom is -0.493 e. The van der Waals surface area contributed by atoms with Gasteiger partial charge in [-0.1, -0.05) is 18.2 Å². The minimum absolute atomic E-state index is 0. The first-order valence-corrected chi connectivity index (χ1v) is 7.07. The number of benzene rings is 1. The molecule has 1 aromatic carbocycles. The molecule has 1 saturated heterocycles. The van der Waals surface area contributed by atoms with Crippen molar-refractivity contribution in [2.45, 2.75) is 31.2 Å². The first-order chi connectivity index (χ1) is 9.34. The number of para-hydroxylation sites is 1. The van der Waals surface area contributed by atoms with Gasteiger partial charge in [-0.2, -0.15) is 0 Å². The third-order valence-electron chi connectivity index (χ3n) is 3.92. The molecule has 1 unspecified atom stereocenters. The van der Waals surface area contributed by atoms with Gasteiger partial charge in [0.2, 0.25) is 5.91 Å². The molecule has 2 atom stereocenters. The van der Waals surface area contributed by atoms with E-state index in [-0.39, 0.29) is 30.3 Å². The molecule has 5 heteroatoms. The highest BCUT2D eigenvalue weighted by atomic mass is 35.5. The van der Waals surface area contributed by atoms with E-state index in [4.69, 9.17) is 4.74 Å². The number of hydrogen-bond donors (Lipinski definition) is 2. The molecule has 20 heavy (non-hydrogen) atoms. The van der Waals surface area contributed by atoms with Crippen LogP contribution in [0.1, 0.15) is 30.7 Å². The third-order valence-corrected chi connectivity index (χ3v) is 3.92. The molecular formula is C15H21ClN2O2. The van der Waals surface area contributed by atoms with E-state index in [0.29, 0.717) is 6.61 Å². The molecule has 1 amide bonds. The van der Waals surface area contributed by atoms with Gasteiger partial charge in [0.1, 0.15) is 5.75 Å². The predicted octanol–water partition coefficient (Wildman–Crippen LogP) is 1.84. The van der Waals surface area contributed by atoms with Gasteiger partial charge in [0.05, 0.1) is 12.5 Å². The monoisotopic (exact) mass is 296 g/mol. The van der Waals surface area contributed by atoms with Crippen molar-refractivity contribution in [2.24, 2.45) is 0 Å². The summed E-state index contributed by atoms with van der Waals surface area (Å²) in [5.74, 6) is 0.937. The van der Waals surface area contributed by atoms with E-state index in [1.54, 1.807) is 0 Å². The number of piperidine rings is 1. The van der Waals surface area contributed by atoms with Crippen molar-refractivity contribution < 1.29 is 9.53 Å². The lowest BCUT2D eigenvalue weighted by atomic mass is 9.92. The van der Waals surface area contributed by atoms with E-state index in [1.807, 2.05) is 24.3 Å². The lowest BCUT2D eigenvalue weighted by Crippen LogP contribution is -2.47. The third kappa shape index (κ3) is 3.25. The summed E-state index contributed by atoms with van der Waals surface area (Å²) < 4.78 is 5.60. The molecule has 2 aliphatic heterocycles. The number of carbonyl (C=O) groups is 1. The minimum atomic E-state index is -0.0631. The molecule has 0 aliphatic carbocycles. The number of nitrogens with one attached hydrogen (secondary N) is 2. The lowest BCUT2D eigenvalue weighted by Gasteiger charge is -2.29. The van der Waals surface area contributed by atoms with Crippen LogP contribution in [0.25, 0.3) is 0 Å². The summed E-state index contributed by atoms with van der Waals surface area (Å²) in [5, 5.41) is 6.50. The second kappa shape index (κ2) is 6.95. The van der Waals surface area contributed by atoms with Gasteiger partial charge in [0.15, 0.2) is 0 Å². The van der Waals surface area contributed by atoms with Crippen molar-refractivity contribution in [2.75, 3.05) is 19.7 Å². The average molecular weight is 297 g/mol. The molecule has 0 radical (unpaired) electrons. The molecule has 4 nitrogen and oxygen atoms in total. The second-order valence-electron chi connectivity index (χ2n) is 5.28. The van der Waals surface area contributed by atoms with Crippen LogP contribution in [0.15, 0.2) is 24.3 Å². The predicted molar refractivity (Wildman–Crippen MR) is 80.6 cm³/mol. The summed E-state index contributed by atoms with van der Waals surface area (Å²) in [6.07, 6.45) is 2.97. The van der Waals surface area contributed by atoms with Crippen LogP contribution in [0.5, 0.6) is 5.75 Å². The number of hydrogen-bond acceptors (Lipinski definition) is 3. The number of amides is 1. The van der Waals surface area contributed by atoms with Gasteiger partial charge < -0.3 is 15.4 Å². The van der Waals surface area contributed by atoms with Gasteiger partial charge in [-0.15, -0.1) is 12.4 Å². The maximum absolute atomic E-state index is 12.4. The zero-order valence-corrected chi connectivity index (χ0v) is 12.2. The molecule has 0 aromatic heterocycles. The Labute approximate surface area is 125 Å². The molecule has 2 N–H and O–H groups in total. The fraction of sp³-hybridized carbons (Fsp3) is 0.533. The zero-order valence-electron chi connectivity index (χ0n) is 11.4. The normalized spacial score (nSPS) is 24.8. The summed E-state index contributed by atoms with van der Waals surface area (Å²) in [4.78, 5) is 12.4. The van der Waals surface area contributed by atoms with Crippen LogP contribution in [0.3, 0.4) is 0 Å². The molecule has 2 aliphatic rings. The molecule has 1 aromatic rings. The highest BCUT2D eigenvalue weighted by Gasteiger charge is 2.28. The molecule has 110 valence electrons. The molecule has 3 rings (SSSR count). The maximum Gasteiger partial charge on any atom is 0.228 e. The average Bonchev–Trinajstić information content (AvgIpc) is 2.47. The van der Waals surface area contributed by atoms with Gasteiger partial charge in [-0.25, -0.2) is 0 Å². The van der Waals surface area contributed by atoms with E-state index in [1.165, 1.54) is 0 Å². The van der Waals surface area contributed by atoms with E-state index >= 15 is 0 Å². The fourth-order valence-electron chi connectivity index (χ4n) is 2.89. The molecule has 2 heterocycles. The molecule has 0 spiro atoms. The van der Waals surface area contributed by atoms with Crippen molar-refractivity contribution >= 4 is 18.3 Å². The van der Waals surface area contributed by atoms with E-state index in [9.17, 15) is 4.79 Å². The van der Waals surface area contributed by atoms with Crippen LogP contribution in [-0.4, -0.2) is 31.6 Å². The Hall–Kier alpha value is -1.26. The van der Waals surface area contributed by atoms with Crippen LogP contribution >= 0.6 is 12.4 Å². The summed E-state index contributed by atoms with van der Waals surface area (Å²) in [5.41, 5.74) is 1.02. The molecular weight excluding hydrogens is 276 g/mol. The van der Waals surface area contributed by atoms with E-state index < -0.39 is 0 Å². The SMILES string of the molecule is Cl.O=C(N[C@@H]1CCCNC1)C1CCOc2ccccc21. The standard InChI is InChI=1S/C15H20N2O2.ClH/c18-15(17-11-4-3-8-16-10-11)13-7-9-19-14-6-2-1-5-12(13)14;/h1-2,5-6,11,13,16H,3-4,7-10H2,(H,17,18);1H/t11-,13?;/m1./s1. The van der Waals surface area contributed by atoms with Gasteiger partial charge in [0, 0.05) is 18.2 Å². The quantitative estimate of drug-likeness (QED) is 0.876. The van der Waals surface area contributed by atoms with Crippen molar-refractivity contribution in [3.8, 4) is 5.75 Å². The molecule has 0 saturated carbocycles. The second-order valence-corrected chi connectivity index (χ2v) is 5.28. The Morgan fingerprint density at radius 3 is 2.95 bits per heavy atom. The number of fused-ring (bicyclic) bond motifs is 1. The van der Waals surface area contributed by atoms with Gasteiger partial charge in [0.25, 0.3) is 0 Å². The van der Waals surface area contributed by atoms with Crippen LogP contribution < -0.4 is 15.4 Å². The Kier molecular flexibility index (Phi) is 5.26. The highest BCUT2D eigenvalue weighted by Crippen LogP contribution is 2.33. The lowest BCUT2D eigenvalue weighted by molar-refractivity contribution is -0.124. The van der Waals surface area contributed by atoms with Crippen molar-refractivity contribution in [3.05, 3.63) is 29.8 Å². The van der Waals surface area contributed by atoms with Crippen LogP contribution in [-0.2, 0) is 4.79 Å².